The van der Waals surface area contributed by atoms with Crippen LogP contribution in [-0.4, -0.2) is 11.1 Å². The predicted octanol–water partition coefficient (Wildman–Crippen LogP) is 1.89. The third-order valence-electron chi connectivity index (χ3n) is 1.98. The van der Waals surface area contributed by atoms with Crippen molar-refractivity contribution >= 4 is 18.4 Å². The second-order valence-electron chi connectivity index (χ2n) is 3.06. The van der Waals surface area contributed by atoms with Crippen LogP contribution in [-0.2, 0) is 4.79 Å². The molecule has 1 aromatic carbocycles. The zero-order chi connectivity index (χ0) is 9.84. The number of aryl methyl sites for hydroxylation is 1. The summed E-state index contributed by atoms with van der Waals surface area (Å²) in [5.74, 6) is -0.865. The van der Waals surface area contributed by atoms with Gasteiger partial charge >= 0.3 is 5.97 Å². The molecule has 0 bridgehead atoms. The van der Waals surface area contributed by atoms with E-state index in [0.29, 0.717) is 0 Å². The Hall–Kier alpha value is -1.06. The Balaban J connectivity index is 0.00000169. The number of nitrogens with two attached hydrogens (primary N) is 1. The number of hydrogen-bond acceptors (Lipinski definition) is 2. The molecule has 0 heterocycles. The van der Waals surface area contributed by atoms with Gasteiger partial charge in [-0.15, -0.1) is 12.4 Å². The first-order valence-corrected chi connectivity index (χ1v) is 4.14. The van der Waals surface area contributed by atoms with E-state index < -0.39 is 12.0 Å². The van der Waals surface area contributed by atoms with Crippen molar-refractivity contribution in [2.45, 2.75) is 19.4 Å². The smallest absolute Gasteiger partial charge is 0.305 e. The Labute approximate surface area is 89.3 Å². The van der Waals surface area contributed by atoms with E-state index >= 15 is 0 Å². The molecule has 0 saturated carbocycles. The predicted molar refractivity (Wildman–Crippen MR) is 57.6 cm³/mol. The van der Waals surface area contributed by atoms with Crippen LogP contribution in [0, 0.1) is 6.92 Å². The summed E-state index contributed by atoms with van der Waals surface area (Å²) in [4.78, 5) is 10.4. The summed E-state index contributed by atoms with van der Waals surface area (Å²) in [6.45, 7) is 1.93. The zero-order valence-corrected chi connectivity index (χ0v) is 8.75. The molecule has 4 heteroatoms. The van der Waals surface area contributed by atoms with Crippen molar-refractivity contribution < 1.29 is 9.90 Å². The Kier molecular flexibility index (Phi) is 5.20. The lowest BCUT2D eigenvalue weighted by molar-refractivity contribution is -0.137. The van der Waals surface area contributed by atoms with Crippen LogP contribution >= 0.6 is 12.4 Å². The van der Waals surface area contributed by atoms with Crippen molar-refractivity contribution in [2.75, 3.05) is 0 Å². The second kappa shape index (κ2) is 5.62. The Morgan fingerprint density at radius 3 is 2.57 bits per heavy atom. The molecule has 0 radical (unpaired) electrons. The minimum absolute atomic E-state index is 0. The van der Waals surface area contributed by atoms with Gasteiger partial charge in [-0.25, -0.2) is 0 Å². The normalized spacial score (nSPS) is 11.6. The van der Waals surface area contributed by atoms with E-state index in [9.17, 15) is 4.79 Å². The summed E-state index contributed by atoms with van der Waals surface area (Å²) >= 11 is 0. The van der Waals surface area contributed by atoms with Crippen LogP contribution in [0.15, 0.2) is 24.3 Å². The maximum absolute atomic E-state index is 10.4. The molecule has 0 aliphatic carbocycles. The molecule has 14 heavy (non-hydrogen) atoms. The maximum atomic E-state index is 10.4. The van der Waals surface area contributed by atoms with Crippen LogP contribution in [0.2, 0.25) is 0 Å². The van der Waals surface area contributed by atoms with Crippen LogP contribution in [0.5, 0.6) is 0 Å². The molecule has 78 valence electrons. The topological polar surface area (TPSA) is 63.3 Å². The highest BCUT2D eigenvalue weighted by molar-refractivity contribution is 5.85. The van der Waals surface area contributed by atoms with Gasteiger partial charge in [-0.05, 0) is 18.1 Å². The summed E-state index contributed by atoms with van der Waals surface area (Å²) in [5, 5.41) is 8.56. The molecule has 1 rings (SSSR count). The minimum Gasteiger partial charge on any atom is -0.481 e. The summed E-state index contributed by atoms with van der Waals surface area (Å²) in [7, 11) is 0. The van der Waals surface area contributed by atoms with Crippen molar-refractivity contribution in [2.24, 2.45) is 5.73 Å². The summed E-state index contributed by atoms with van der Waals surface area (Å²) in [6.07, 6.45) is -0.0230. The highest BCUT2D eigenvalue weighted by Gasteiger charge is 2.11. The molecule has 3 N–H and O–H groups in total. The van der Waals surface area contributed by atoms with Gasteiger partial charge in [0.2, 0.25) is 0 Å². The number of aliphatic carboxylic acids is 1. The van der Waals surface area contributed by atoms with Crippen LogP contribution in [0.3, 0.4) is 0 Å². The van der Waals surface area contributed by atoms with Crippen LogP contribution < -0.4 is 5.73 Å². The fourth-order valence-corrected chi connectivity index (χ4v) is 1.30. The van der Waals surface area contributed by atoms with Gasteiger partial charge in [0.25, 0.3) is 0 Å². The molecule has 1 aromatic rings. The quantitative estimate of drug-likeness (QED) is 0.810. The first kappa shape index (κ1) is 12.9. The number of carbonyl (C=O) groups is 1. The van der Waals surface area contributed by atoms with Crippen molar-refractivity contribution in [3.63, 3.8) is 0 Å². The fourth-order valence-electron chi connectivity index (χ4n) is 1.30. The number of carboxylic acid groups (broad SMARTS) is 1. The molecule has 0 aromatic heterocycles. The minimum atomic E-state index is -0.865. The molecular formula is C10H14ClNO2. The summed E-state index contributed by atoms with van der Waals surface area (Å²) in [5.41, 5.74) is 7.66. The molecule has 1 atom stereocenters. The summed E-state index contributed by atoms with van der Waals surface area (Å²) in [6, 6.07) is 7.16. The average molecular weight is 216 g/mol. The number of rotatable bonds is 3. The van der Waals surface area contributed by atoms with E-state index in [-0.39, 0.29) is 18.8 Å². The van der Waals surface area contributed by atoms with Crippen molar-refractivity contribution in [3.05, 3.63) is 35.4 Å². The average Bonchev–Trinajstić information content (AvgIpc) is 2.03. The molecule has 0 fully saturated rings. The van der Waals surface area contributed by atoms with Crippen LogP contribution in [0.1, 0.15) is 23.6 Å². The van der Waals surface area contributed by atoms with Crippen LogP contribution in [0.25, 0.3) is 0 Å². The molecule has 0 amide bonds. The second-order valence-corrected chi connectivity index (χ2v) is 3.06. The molecule has 0 spiro atoms. The lowest BCUT2D eigenvalue weighted by Crippen LogP contribution is -2.15. The summed E-state index contributed by atoms with van der Waals surface area (Å²) < 4.78 is 0. The number of benzene rings is 1. The van der Waals surface area contributed by atoms with Gasteiger partial charge in [-0.1, -0.05) is 24.3 Å². The fraction of sp³-hybridized carbons (Fsp3) is 0.300. The highest BCUT2D eigenvalue weighted by atomic mass is 35.5. The zero-order valence-electron chi connectivity index (χ0n) is 7.93. The van der Waals surface area contributed by atoms with Gasteiger partial charge in [-0.3, -0.25) is 4.79 Å². The third kappa shape index (κ3) is 3.36. The molecule has 0 aliphatic rings. The van der Waals surface area contributed by atoms with Gasteiger partial charge in [0.1, 0.15) is 0 Å². The largest absolute Gasteiger partial charge is 0.481 e. The Morgan fingerprint density at radius 1 is 1.50 bits per heavy atom. The standard InChI is InChI=1S/C10H13NO2.ClH/c1-7-4-2-3-5-8(7)9(11)6-10(12)13;/h2-5,9H,6,11H2,1H3,(H,12,13);1H. The monoisotopic (exact) mass is 215 g/mol. The Bertz CT molecular complexity index is 315. The first-order valence-electron chi connectivity index (χ1n) is 4.14. The van der Waals surface area contributed by atoms with E-state index in [1.165, 1.54) is 0 Å². The van der Waals surface area contributed by atoms with E-state index in [1.54, 1.807) is 0 Å². The van der Waals surface area contributed by atoms with E-state index in [4.69, 9.17) is 10.8 Å². The SMILES string of the molecule is Cc1ccccc1C(N)CC(=O)O.Cl. The lowest BCUT2D eigenvalue weighted by atomic mass is 10.00. The molecule has 1 unspecified atom stereocenters. The lowest BCUT2D eigenvalue weighted by Gasteiger charge is -2.11. The van der Waals surface area contributed by atoms with Crippen molar-refractivity contribution in [1.82, 2.24) is 0 Å². The van der Waals surface area contributed by atoms with Crippen LogP contribution in [0.4, 0.5) is 0 Å². The Morgan fingerprint density at radius 2 is 2.07 bits per heavy atom. The highest BCUT2D eigenvalue weighted by Crippen LogP contribution is 2.17. The molecular weight excluding hydrogens is 202 g/mol. The third-order valence-corrected chi connectivity index (χ3v) is 1.98. The van der Waals surface area contributed by atoms with E-state index in [1.807, 2.05) is 31.2 Å². The maximum Gasteiger partial charge on any atom is 0.305 e. The van der Waals surface area contributed by atoms with Crippen molar-refractivity contribution in [1.29, 1.82) is 0 Å². The van der Waals surface area contributed by atoms with Gasteiger partial charge in [-0.2, -0.15) is 0 Å². The molecule has 0 aliphatic heterocycles. The molecule has 3 nitrogen and oxygen atoms in total. The van der Waals surface area contributed by atoms with Gasteiger partial charge in [0.05, 0.1) is 6.42 Å². The number of hydrogen-bond donors (Lipinski definition) is 2. The molecule has 0 saturated heterocycles. The van der Waals surface area contributed by atoms with E-state index in [2.05, 4.69) is 0 Å². The number of halogens is 1. The van der Waals surface area contributed by atoms with Gasteiger partial charge in [0, 0.05) is 6.04 Å². The van der Waals surface area contributed by atoms with Crippen molar-refractivity contribution in [3.8, 4) is 0 Å². The van der Waals surface area contributed by atoms with E-state index in [0.717, 1.165) is 11.1 Å². The number of carboxylic acids is 1. The van der Waals surface area contributed by atoms with Gasteiger partial charge < -0.3 is 10.8 Å². The first-order chi connectivity index (χ1) is 6.11. The van der Waals surface area contributed by atoms with Gasteiger partial charge in [0.15, 0.2) is 0 Å².